The number of quaternary nitrogens is 4. The fourth-order valence-corrected chi connectivity index (χ4v) is 24.1. The molecule has 4 aromatic rings. The van der Waals surface area contributed by atoms with Crippen molar-refractivity contribution in [3.05, 3.63) is 128 Å². The highest BCUT2D eigenvalue weighted by Gasteiger charge is 2.64. The van der Waals surface area contributed by atoms with Gasteiger partial charge in [-0.2, -0.15) is 0 Å². The molecule has 0 spiro atoms. The molecule has 552 valence electrons. The zero-order valence-electron chi connectivity index (χ0n) is 63.9. The van der Waals surface area contributed by atoms with Crippen molar-refractivity contribution in [2.24, 2.45) is 23.7 Å². The first kappa shape index (κ1) is 73.8. The molecule has 0 N–H and O–H groups in total. The molecular weight excluding hydrogens is 1280 g/mol. The van der Waals surface area contributed by atoms with Crippen molar-refractivity contribution in [1.82, 2.24) is 0 Å². The predicted molar refractivity (Wildman–Crippen MR) is 392 cm³/mol. The van der Waals surface area contributed by atoms with Crippen LogP contribution < -0.4 is 9.47 Å². The number of piperidine rings is 4. The first-order valence-corrected chi connectivity index (χ1v) is 39.3. The van der Waals surface area contributed by atoms with E-state index in [0.717, 1.165) is 94.5 Å². The maximum absolute atomic E-state index is 11.4. The minimum absolute atomic E-state index is 0.151. The zero-order chi connectivity index (χ0) is 72.4. The van der Waals surface area contributed by atoms with Crippen molar-refractivity contribution in [2.75, 3.05) is 81.3 Å². The summed E-state index contributed by atoms with van der Waals surface area (Å²) >= 11 is 0. The summed E-state index contributed by atoms with van der Waals surface area (Å²) in [7, 11) is 9.13. The molecule has 16 atom stereocenters. The van der Waals surface area contributed by atoms with Gasteiger partial charge in [0, 0.05) is 138 Å². The number of rotatable bonds is 10. The van der Waals surface area contributed by atoms with Crippen LogP contribution in [-0.4, -0.2) is 159 Å². The van der Waals surface area contributed by atoms with E-state index in [2.05, 4.69) is 103 Å². The fraction of sp³-hybridized carbons (Fsp3) is 0.651. The Balaban J connectivity index is 0.000000122. The van der Waals surface area contributed by atoms with Gasteiger partial charge in [0.05, 0.1) is 78.5 Å². The molecule has 16 nitrogen and oxygen atoms in total. The molecule has 16 rings (SSSR count). The van der Waals surface area contributed by atoms with Crippen molar-refractivity contribution >= 4 is 35.8 Å². The van der Waals surface area contributed by atoms with Crippen molar-refractivity contribution in [3.63, 3.8) is 0 Å². The number of likely N-dealkylation sites (tertiary alicyclic amines) is 4. The van der Waals surface area contributed by atoms with Crippen LogP contribution in [0.15, 0.2) is 72.8 Å². The second-order valence-corrected chi connectivity index (χ2v) is 35.1. The summed E-state index contributed by atoms with van der Waals surface area (Å²) in [5, 5.41) is 0. The van der Waals surface area contributed by atoms with E-state index in [1.165, 1.54) is 190 Å². The lowest BCUT2D eigenvalue weighted by Crippen LogP contribution is -2.69. The monoisotopic (exact) mass is 1400 g/mol. The summed E-state index contributed by atoms with van der Waals surface area (Å²) < 4.78 is 36.2. The maximum Gasteiger partial charge on any atom is 0.308 e. The number of carbonyl (C=O) groups excluding carboxylic acids is 6. The minimum atomic E-state index is -0.268. The van der Waals surface area contributed by atoms with Crippen LogP contribution in [0.1, 0.15) is 226 Å². The van der Waals surface area contributed by atoms with Crippen molar-refractivity contribution in [1.29, 1.82) is 0 Å². The van der Waals surface area contributed by atoms with Gasteiger partial charge in [-0.1, -0.05) is 111 Å². The first-order valence-electron chi connectivity index (χ1n) is 39.3. The molecule has 0 radical (unpaired) electrons. The summed E-state index contributed by atoms with van der Waals surface area (Å²) in [5.41, 5.74) is 15.9. The average molecular weight is 1400 g/mol. The number of fused-ring (bicyclic) bond motifs is 4. The van der Waals surface area contributed by atoms with Crippen LogP contribution in [0.5, 0.6) is 11.5 Å². The van der Waals surface area contributed by atoms with Crippen LogP contribution >= 0.6 is 0 Å². The Labute approximate surface area is 608 Å². The van der Waals surface area contributed by atoms with E-state index < -0.39 is 0 Å². The SMILES string of the molecule is CC(=O)OC[N+]1(C)CC[C@]23CCCC[C@H]2[C@H]1Cc1ccc(C)cc13.CC(=O)OC[N+]1(C)CC[C@]23CCCC[C@H]2[C@H]1Cc1ccc(C)cc13.CC(=O)OC[N+]1(C)CC[C@]23CCCC[C@H]2[C@H]1Cc1ccc(OC(C)=O)cc13.CC(=O)OC[N+]1(C)CC[C@]23CCCC[C@H]2[C@H]1Cc1ccc(OC(C)=O)cc13. The Morgan fingerprint density at radius 2 is 0.578 bits per heavy atom. The molecular formula is C86H120N4O12+4. The number of hydrogen-bond donors (Lipinski definition) is 0. The van der Waals surface area contributed by atoms with Crippen LogP contribution in [0.25, 0.3) is 0 Å². The largest absolute Gasteiger partial charge is 0.427 e. The van der Waals surface area contributed by atoms with Gasteiger partial charge in [-0.15, -0.1) is 0 Å². The van der Waals surface area contributed by atoms with Gasteiger partial charge in [-0.3, -0.25) is 46.7 Å². The highest BCUT2D eigenvalue weighted by molar-refractivity contribution is 5.70. The van der Waals surface area contributed by atoms with Gasteiger partial charge in [-0.25, -0.2) is 0 Å². The fourth-order valence-electron chi connectivity index (χ4n) is 24.1. The molecule has 4 aromatic carbocycles. The lowest BCUT2D eigenvalue weighted by Gasteiger charge is -2.61. The van der Waals surface area contributed by atoms with Crippen LogP contribution in [-0.2, 0) is 95.1 Å². The van der Waals surface area contributed by atoms with Gasteiger partial charge in [0.15, 0.2) is 0 Å². The third kappa shape index (κ3) is 13.7. The molecule has 4 aliphatic heterocycles. The third-order valence-corrected chi connectivity index (χ3v) is 29.1. The van der Waals surface area contributed by atoms with Crippen molar-refractivity contribution < 1.29 is 75.1 Å². The molecule has 4 heterocycles. The van der Waals surface area contributed by atoms with Crippen LogP contribution in [0.3, 0.4) is 0 Å². The van der Waals surface area contributed by atoms with Gasteiger partial charge in [0.25, 0.3) is 0 Å². The molecule has 4 unspecified atom stereocenters. The summed E-state index contributed by atoms with van der Waals surface area (Å²) in [4.78, 5) is 68.5. The molecule has 8 fully saturated rings. The molecule has 8 aliphatic carbocycles. The Hall–Kier alpha value is -6.46. The molecule has 0 aromatic heterocycles. The highest BCUT2D eigenvalue weighted by atomic mass is 16.6. The van der Waals surface area contributed by atoms with E-state index in [1.54, 1.807) is 22.3 Å². The van der Waals surface area contributed by atoms with Gasteiger partial charge in [0.2, 0.25) is 26.9 Å². The van der Waals surface area contributed by atoms with E-state index in [-0.39, 0.29) is 46.6 Å². The van der Waals surface area contributed by atoms with Crippen LogP contribution in [0, 0.1) is 37.5 Å². The van der Waals surface area contributed by atoms with E-state index in [1.807, 2.05) is 12.1 Å². The van der Waals surface area contributed by atoms with Crippen LogP contribution in [0.4, 0.5) is 0 Å². The number of aryl methyl sites for hydroxylation is 2. The molecule has 8 bridgehead atoms. The van der Waals surface area contributed by atoms with Gasteiger partial charge >= 0.3 is 35.8 Å². The van der Waals surface area contributed by atoms with E-state index in [9.17, 15) is 28.8 Å². The average Bonchev–Trinajstić information content (AvgIpc) is 0.729. The van der Waals surface area contributed by atoms with Gasteiger partial charge in [0.1, 0.15) is 11.5 Å². The number of benzene rings is 4. The van der Waals surface area contributed by atoms with E-state index in [0.29, 0.717) is 85.3 Å². The first-order chi connectivity index (χ1) is 48.6. The number of likely N-dealkylation sites (N-methyl/N-ethyl adjacent to an activating group) is 4. The summed E-state index contributed by atoms with van der Waals surface area (Å²) in [5.74, 6) is 2.79. The molecule has 0 amide bonds. The second-order valence-electron chi connectivity index (χ2n) is 35.1. The molecule has 4 saturated carbocycles. The van der Waals surface area contributed by atoms with Crippen LogP contribution in [0.2, 0.25) is 0 Å². The van der Waals surface area contributed by atoms with E-state index >= 15 is 0 Å². The lowest BCUT2D eigenvalue weighted by molar-refractivity contribution is -0.959. The number of esters is 6. The number of hydrogen-bond acceptors (Lipinski definition) is 12. The second kappa shape index (κ2) is 28.8. The predicted octanol–water partition coefficient (Wildman–Crippen LogP) is 14.1. The number of nitrogens with zero attached hydrogens (tertiary/aromatic N) is 4. The van der Waals surface area contributed by atoms with Crippen molar-refractivity contribution in [2.45, 2.75) is 255 Å². The topological polar surface area (TPSA) is 158 Å². The maximum atomic E-state index is 11.4. The standard InChI is InChI=1S/2C22H30NO4.2C21H30NO2/c2*1-15(24)26-14-23(3)11-10-22-9-5-4-6-19(22)21(23)12-17-7-8-18(13-20(17)22)27-16(2)25;2*1-15-7-8-17-13-20-18-6-4-5-9-21(18,19(17)12-15)10-11-22(20,3)14-24-16(2)23/h2*7-8,13,19,21H,4-6,9-12,14H2,1-3H3;2*7-8,12,18,20H,4-6,9-11,13-14H2,1-3H3/q4*+1/t2*19-,21+,22+,23?;2*18-,20+,21+,22?/m0000/s1. The smallest absolute Gasteiger partial charge is 0.308 e. The Morgan fingerprint density at radius 1 is 0.333 bits per heavy atom. The summed E-state index contributed by atoms with van der Waals surface area (Å²) in [6.07, 6.45) is 29.7. The number of ether oxygens (including phenoxy) is 6. The Bertz CT molecular complexity index is 3630. The normalized spacial score (nSPS) is 35.6. The molecule has 12 aliphatic rings. The molecule has 16 heteroatoms. The Morgan fingerprint density at radius 3 is 0.824 bits per heavy atom. The quantitative estimate of drug-likeness (QED) is 0.0641. The van der Waals surface area contributed by atoms with Gasteiger partial charge in [-0.05, 0) is 134 Å². The summed E-state index contributed by atoms with van der Waals surface area (Å²) in [6.45, 7) is 19.7. The summed E-state index contributed by atoms with van der Waals surface area (Å²) in [6, 6.07) is 28.8. The van der Waals surface area contributed by atoms with Crippen molar-refractivity contribution in [3.8, 4) is 11.5 Å². The molecule has 4 saturated heterocycles. The van der Waals surface area contributed by atoms with E-state index in [4.69, 9.17) is 28.4 Å². The Kier molecular flexibility index (Phi) is 20.8. The lowest BCUT2D eigenvalue weighted by atomic mass is 9.52. The van der Waals surface area contributed by atoms with Gasteiger partial charge < -0.3 is 28.4 Å². The number of carbonyl (C=O) groups is 6. The highest BCUT2D eigenvalue weighted by Crippen LogP contribution is 2.62. The third-order valence-electron chi connectivity index (χ3n) is 29.1. The minimum Gasteiger partial charge on any atom is -0.427 e. The molecule has 102 heavy (non-hydrogen) atoms. The zero-order valence-corrected chi connectivity index (χ0v) is 63.9.